The van der Waals surface area contributed by atoms with Gasteiger partial charge < -0.3 is 15.4 Å². The van der Waals surface area contributed by atoms with Crippen molar-refractivity contribution in [1.82, 2.24) is 15.3 Å². The minimum atomic E-state index is -0.0790. The fourth-order valence-corrected chi connectivity index (χ4v) is 2.44. The number of rotatable bonds is 5. The number of aryl methyl sites for hydroxylation is 2. The van der Waals surface area contributed by atoms with E-state index in [1.165, 1.54) is 0 Å². The normalized spacial score (nSPS) is 12.3. The highest BCUT2D eigenvalue weighted by Crippen LogP contribution is 2.12. The third kappa shape index (κ3) is 3.92. The molecule has 0 saturated heterocycles. The highest BCUT2D eigenvalue weighted by molar-refractivity contribution is 5.26. The van der Waals surface area contributed by atoms with E-state index in [4.69, 9.17) is 0 Å². The predicted octanol–water partition coefficient (Wildman–Crippen LogP) is 1.99. The maximum Gasteiger partial charge on any atom is 0.255 e. The summed E-state index contributed by atoms with van der Waals surface area (Å²) in [5.74, 6) is 0.908. The van der Waals surface area contributed by atoms with Crippen molar-refractivity contribution in [3.8, 4) is 5.75 Å². The lowest BCUT2D eigenvalue weighted by Gasteiger charge is -2.15. The van der Waals surface area contributed by atoms with Crippen LogP contribution >= 0.6 is 0 Å². The number of aromatic hydroxyl groups is 1. The van der Waals surface area contributed by atoms with Gasteiger partial charge in [-0.25, -0.2) is 4.98 Å². The lowest BCUT2D eigenvalue weighted by Crippen LogP contribution is -2.29. The highest BCUT2D eigenvalue weighted by Gasteiger charge is 2.13. The number of H-pyrrole nitrogens is 1. The number of aromatic amines is 1. The van der Waals surface area contributed by atoms with Crippen LogP contribution in [0, 0.1) is 13.8 Å². The minimum absolute atomic E-state index is 0.0565. The Morgan fingerprint density at radius 2 is 1.95 bits per heavy atom. The van der Waals surface area contributed by atoms with E-state index in [0.717, 1.165) is 24.2 Å². The molecular weight excluding hydrogens is 266 g/mol. The highest BCUT2D eigenvalue weighted by atomic mass is 16.3. The Bertz CT molecular complexity index is 662. The van der Waals surface area contributed by atoms with E-state index in [2.05, 4.69) is 15.3 Å². The van der Waals surface area contributed by atoms with Gasteiger partial charge in [-0.15, -0.1) is 0 Å². The first-order chi connectivity index (χ1) is 9.97. The molecule has 1 atom stereocenters. The van der Waals surface area contributed by atoms with Crippen LogP contribution in [0.5, 0.6) is 5.75 Å². The van der Waals surface area contributed by atoms with Crippen molar-refractivity contribution in [2.45, 2.75) is 33.2 Å². The average molecular weight is 287 g/mol. The molecule has 21 heavy (non-hydrogen) atoms. The smallest absolute Gasteiger partial charge is 0.255 e. The lowest BCUT2D eigenvalue weighted by atomic mass is 10.1. The van der Waals surface area contributed by atoms with Gasteiger partial charge in [-0.2, -0.15) is 0 Å². The fourth-order valence-electron chi connectivity index (χ4n) is 2.44. The summed E-state index contributed by atoms with van der Waals surface area (Å²) in [6.07, 6.45) is 0.834. The molecule has 1 aromatic carbocycles. The molecule has 0 aliphatic rings. The molecule has 1 unspecified atom stereocenters. The summed E-state index contributed by atoms with van der Waals surface area (Å²) < 4.78 is 0. The molecule has 3 N–H and O–H groups in total. The number of hydrogen-bond acceptors (Lipinski definition) is 4. The fraction of sp³-hybridized carbons (Fsp3) is 0.375. The second-order valence-corrected chi connectivity index (χ2v) is 5.24. The van der Waals surface area contributed by atoms with E-state index in [1.807, 2.05) is 26.0 Å². The maximum absolute atomic E-state index is 12.0. The van der Waals surface area contributed by atoms with Crippen LogP contribution < -0.4 is 10.9 Å². The summed E-state index contributed by atoms with van der Waals surface area (Å²) in [6, 6.07) is 7.09. The van der Waals surface area contributed by atoms with Crippen LogP contribution in [0.2, 0.25) is 0 Å². The summed E-state index contributed by atoms with van der Waals surface area (Å²) in [5.41, 5.74) is 2.51. The van der Waals surface area contributed by atoms with Gasteiger partial charge in [-0.1, -0.05) is 12.1 Å². The Balaban J connectivity index is 1.97. The Morgan fingerprint density at radius 3 is 2.57 bits per heavy atom. The minimum Gasteiger partial charge on any atom is -0.508 e. The number of benzene rings is 1. The summed E-state index contributed by atoms with van der Waals surface area (Å²) in [4.78, 5) is 19.1. The molecule has 1 heterocycles. The SMILES string of the molecule is Cc1nc(C)c(C(C)NCCc2ccc(O)cc2)c(=O)[nH]1. The van der Waals surface area contributed by atoms with Crippen molar-refractivity contribution in [1.29, 1.82) is 0 Å². The molecule has 0 saturated carbocycles. The van der Waals surface area contributed by atoms with Gasteiger partial charge in [0.15, 0.2) is 0 Å². The van der Waals surface area contributed by atoms with Crippen LogP contribution in [0.1, 0.15) is 35.6 Å². The number of phenols is 1. The molecule has 2 rings (SSSR count). The third-order valence-electron chi connectivity index (χ3n) is 3.50. The quantitative estimate of drug-likeness (QED) is 0.786. The molecule has 2 aromatic rings. The standard InChI is InChI=1S/C16H21N3O2/c1-10(15-11(2)18-12(3)19-16(15)21)17-9-8-13-4-6-14(20)7-5-13/h4-7,10,17,20H,8-9H2,1-3H3,(H,18,19,21). The van der Waals surface area contributed by atoms with Gasteiger partial charge in [0.05, 0.1) is 5.56 Å². The van der Waals surface area contributed by atoms with Gasteiger partial charge in [0.2, 0.25) is 0 Å². The van der Waals surface area contributed by atoms with E-state index in [-0.39, 0.29) is 17.4 Å². The molecule has 0 bridgehead atoms. The number of nitrogens with zero attached hydrogens (tertiary/aromatic N) is 1. The first-order valence-corrected chi connectivity index (χ1v) is 7.06. The largest absolute Gasteiger partial charge is 0.508 e. The van der Waals surface area contributed by atoms with Crippen molar-refractivity contribution in [3.05, 3.63) is 57.3 Å². The number of nitrogens with one attached hydrogen (secondary N) is 2. The Morgan fingerprint density at radius 1 is 1.29 bits per heavy atom. The second-order valence-electron chi connectivity index (χ2n) is 5.24. The second kappa shape index (κ2) is 6.54. The van der Waals surface area contributed by atoms with Crippen molar-refractivity contribution in [3.63, 3.8) is 0 Å². The van der Waals surface area contributed by atoms with Crippen LogP contribution in [-0.4, -0.2) is 21.6 Å². The number of hydrogen-bond donors (Lipinski definition) is 3. The monoisotopic (exact) mass is 287 g/mol. The Labute approximate surface area is 124 Å². The third-order valence-corrected chi connectivity index (χ3v) is 3.50. The zero-order chi connectivity index (χ0) is 15.4. The van der Waals surface area contributed by atoms with Crippen molar-refractivity contribution in [2.24, 2.45) is 0 Å². The van der Waals surface area contributed by atoms with Crippen molar-refractivity contribution < 1.29 is 5.11 Å². The first-order valence-electron chi connectivity index (χ1n) is 7.06. The molecule has 0 radical (unpaired) electrons. The van der Waals surface area contributed by atoms with E-state index in [1.54, 1.807) is 19.1 Å². The topological polar surface area (TPSA) is 78.0 Å². The van der Waals surface area contributed by atoms with E-state index in [0.29, 0.717) is 11.4 Å². The van der Waals surface area contributed by atoms with Crippen molar-refractivity contribution in [2.75, 3.05) is 6.54 Å². The zero-order valence-corrected chi connectivity index (χ0v) is 12.6. The van der Waals surface area contributed by atoms with Crippen molar-refractivity contribution >= 4 is 0 Å². The van der Waals surface area contributed by atoms with E-state index >= 15 is 0 Å². The molecule has 0 fully saturated rings. The summed E-state index contributed by atoms with van der Waals surface area (Å²) in [7, 11) is 0. The van der Waals surface area contributed by atoms with E-state index < -0.39 is 0 Å². The van der Waals surface area contributed by atoms with E-state index in [9.17, 15) is 9.90 Å². The lowest BCUT2D eigenvalue weighted by molar-refractivity contribution is 0.475. The molecule has 1 aromatic heterocycles. The Hall–Kier alpha value is -2.14. The predicted molar refractivity (Wildman–Crippen MR) is 82.6 cm³/mol. The number of phenolic OH excluding ortho intramolecular Hbond substituents is 1. The van der Waals surface area contributed by atoms with Gasteiger partial charge in [0, 0.05) is 11.7 Å². The van der Waals surface area contributed by atoms with Gasteiger partial charge in [-0.3, -0.25) is 4.79 Å². The zero-order valence-electron chi connectivity index (χ0n) is 12.6. The molecular formula is C16H21N3O2. The summed E-state index contributed by atoms with van der Waals surface area (Å²) in [5, 5.41) is 12.6. The summed E-state index contributed by atoms with van der Waals surface area (Å²) >= 11 is 0. The van der Waals surface area contributed by atoms with Crippen LogP contribution in [0.4, 0.5) is 0 Å². The van der Waals surface area contributed by atoms with Crippen LogP contribution in [0.25, 0.3) is 0 Å². The molecule has 0 amide bonds. The van der Waals surface area contributed by atoms with Gasteiger partial charge in [-0.05, 0) is 51.4 Å². The molecule has 0 spiro atoms. The molecule has 0 aliphatic carbocycles. The maximum atomic E-state index is 12.0. The van der Waals surface area contributed by atoms with Crippen LogP contribution in [0.3, 0.4) is 0 Å². The molecule has 112 valence electrons. The van der Waals surface area contributed by atoms with Gasteiger partial charge >= 0.3 is 0 Å². The first kappa shape index (κ1) is 15.3. The van der Waals surface area contributed by atoms with Crippen LogP contribution in [0.15, 0.2) is 29.1 Å². The molecule has 5 nitrogen and oxygen atoms in total. The summed E-state index contributed by atoms with van der Waals surface area (Å²) in [6.45, 7) is 6.35. The Kier molecular flexibility index (Phi) is 4.75. The molecule has 5 heteroatoms. The van der Waals surface area contributed by atoms with Gasteiger partial charge in [0.25, 0.3) is 5.56 Å². The van der Waals surface area contributed by atoms with Crippen LogP contribution in [-0.2, 0) is 6.42 Å². The number of aromatic nitrogens is 2. The van der Waals surface area contributed by atoms with Gasteiger partial charge in [0.1, 0.15) is 11.6 Å². The average Bonchev–Trinajstić information content (AvgIpc) is 2.40. The molecule has 0 aliphatic heterocycles.